The number of hydrogen-bond donors (Lipinski definition) is 2. The highest BCUT2D eigenvalue weighted by molar-refractivity contribution is 7.92. The third-order valence-electron chi connectivity index (χ3n) is 6.75. The Bertz CT molecular complexity index is 1570. The smallest absolute Gasteiger partial charge is 0.261 e. The molecule has 1 amide bonds. The number of para-hydroxylation sites is 1. The molecule has 204 valence electrons. The van der Waals surface area contributed by atoms with E-state index in [9.17, 15) is 13.2 Å². The van der Waals surface area contributed by atoms with Crippen LogP contribution in [0.2, 0.25) is 5.02 Å². The van der Waals surface area contributed by atoms with Crippen LogP contribution in [0.4, 0.5) is 10.8 Å². The van der Waals surface area contributed by atoms with E-state index < -0.39 is 10.0 Å². The summed E-state index contributed by atoms with van der Waals surface area (Å²) < 4.78 is 29.4. The summed E-state index contributed by atoms with van der Waals surface area (Å²) in [6, 6.07) is 18.9. The second-order valence-electron chi connectivity index (χ2n) is 9.34. The maximum absolute atomic E-state index is 12.9. The average Bonchev–Trinajstić information content (AvgIpc) is 3.37. The SMILES string of the molecule is CCc1ccc2nc(N3CCN(CCNC(=O)c4ccccc4NS(=O)(=O)c4ccc(Cl)cc4)CC3)sc2c1. The van der Waals surface area contributed by atoms with Gasteiger partial charge in [-0.2, -0.15) is 0 Å². The summed E-state index contributed by atoms with van der Waals surface area (Å²) in [5.41, 5.74) is 2.86. The third kappa shape index (κ3) is 6.52. The zero-order valence-corrected chi connectivity index (χ0v) is 24.0. The first-order valence-electron chi connectivity index (χ1n) is 12.8. The molecule has 1 aliphatic heterocycles. The fourth-order valence-electron chi connectivity index (χ4n) is 4.49. The lowest BCUT2D eigenvalue weighted by molar-refractivity contribution is 0.0948. The molecule has 0 aliphatic carbocycles. The number of nitrogens with one attached hydrogen (secondary N) is 2. The molecule has 0 radical (unpaired) electrons. The van der Waals surface area contributed by atoms with Crippen molar-refractivity contribution in [1.82, 2.24) is 15.2 Å². The van der Waals surface area contributed by atoms with Gasteiger partial charge in [-0.05, 0) is 60.5 Å². The molecule has 5 rings (SSSR count). The van der Waals surface area contributed by atoms with Gasteiger partial charge in [0.15, 0.2) is 5.13 Å². The predicted octanol–water partition coefficient (Wildman–Crippen LogP) is 4.86. The minimum Gasteiger partial charge on any atom is -0.351 e. The minimum atomic E-state index is -3.87. The van der Waals surface area contributed by atoms with Crippen molar-refractivity contribution in [3.63, 3.8) is 0 Å². The molecule has 2 N–H and O–H groups in total. The number of hydrogen-bond acceptors (Lipinski definition) is 7. The van der Waals surface area contributed by atoms with Crippen molar-refractivity contribution in [1.29, 1.82) is 0 Å². The van der Waals surface area contributed by atoms with Crippen LogP contribution in [-0.2, 0) is 16.4 Å². The second-order valence-corrected chi connectivity index (χ2v) is 12.5. The van der Waals surface area contributed by atoms with E-state index in [1.165, 1.54) is 34.5 Å². The number of thiazole rings is 1. The van der Waals surface area contributed by atoms with Crippen LogP contribution < -0.4 is 14.9 Å². The van der Waals surface area contributed by atoms with Crippen molar-refractivity contribution in [3.05, 3.63) is 82.9 Å². The van der Waals surface area contributed by atoms with Gasteiger partial charge < -0.3 is 10.2 Å². The number of piperazine rings is 1. The van der Waals surface area contributed by atoms with E-state index in [4.69, 9.17) is 16.6 Å². The van der Waals surface area contributed by atoms with E-state index >= 15 is 0 Å². The third-order valence-corrected chi connectivity index (χ3v) is 9.46. The quantitative estimate of drug-likeness (QED) is 0.292. The molecule has 11 heteroatoms. The van der Waals surface area contributed by atoms with Gasteiger partial charge in [-0.15, -0.1) is 0 Å². The standard InChI is InChI=1S/C28H30ClN5O3S2/c1-2-20-7-12-25-26(19-20)38-28(31-25)34-17-15-33(16-18-34)14-13-30-27(35)23-5-3-4-6-24(23)32-39(36,37)22-10-8-21(29)9-11-22/h3-12,19,32H,2,13-18H2,1H3,(H,30,35). The largest absolute Gasteiger partial charge is 0.351 e. The monoisotopic (exact) mass is 583 g/mol. The first kappa shape index (κ1) is 27.4. The van der Waals surface area contributed by atoms with Gasteiger partial charge in [0, 0.05) is 44.3 Å². The Kier molecular flexibility index (Phi) is 8.37. The predicted molar refractivity (Wildman–Crippen MR) is 159 cm³/mol. The van der Waals surface area contributed by atoms with E-state index in [1.54, 1.807) is 35.6 Å². The summed E-state index contributed by atoms with van der Waals surface area (Å²) in [5, 5.41) is 4.44. The Morgan fingerprint density at radius 3 is 2.51 bits per heavy atom. The van der Waals surface area contributed by atoms with Crippen LogP contribution in [0.3, 0.4) is 0 Å². The van der Waals surface area contributed by atoms with E-state index in [2.05, 4.69) is 45.0 Å². The van der Waals surface area contributed by atoms with Crippen molar-refractivity contribution in [2.45, 2.75) is 18.2 Å². The van der Waals surface area contributed by atoms with Crippen molar-refractivity contribution >= 4 is 59.9 Å². The normalized spacial score (nSPS) is 14.5. The molecule has 1 fully saturated rings. The van der Waals surface area contributed by atoms with Gasteiger partial charge in [0.05, 0.1) is 26.4 Å². The molecule has 0 unspecified atom stereocenters. The van der Waals surface area contributed by atoms with E-state index in [0.717, 1.165) is 43.2 Å². The molecule has 4 aromatic rings. The number of halogens is 1. The molecule has 0 saturated carbocycles. The number of carbonyl (C=O) groups excluding carboxylic acids is 1. The summed E-state index contributed by atoms with van der Waals surface area (Å²) in [5.74, 6) is -0.330. The molecule has 8 nitrogen and oxygen atoms in total. The Hall–Kier alpha value is -3.18. The zero-order chi connectivity index (χ0) is 27.4. The molecule has 1 saturated heterocycles. The van der Waals surface area contributed by atoms with Crippen molar-refractivity contribution in [2.75, 3.05) is 48.9 Å². The summed E-state index contributed by atoms with van der Waals surface area (Å²) >= 11 is 7.62. The van der Waals surface area contributed by atoms with Crippen molar-refractivity contribution in [2.24, 2.45) is 0 Å². The fraction of sp³-hybridized carbons (Fsp3) is 0.286. The molecule has 3 aromatic carbocycles. The average molecular weight is 584 g/mol. The van der Waals surface area contributed by atoms with E-state index in [0.29, 0.717) is 18.1 Å². The number of amides is 1. The number of carbonyl (C=O) groups is 1. The molecular weight excluding hydrogens is 554 g/mol. The second kappa shape index (κ2) is 11.9. The van der Waals surface area contributed by atoms with Crippen molar-refractivity contribution in [3.8, 4) is 0 Å². The number of aryl methyl sites for hydroxylation is 1. The van der Waals surface area contributed by atoms with Gasteiger partial charge in [-0.25, -0.2) is 13.4 Å². The Morgan fingerprint density at radius 2 is 1.77 bits per heavy atom. The zero-order valence-electron chi connectivity index (χ0n) is 21.6. The first-order valence-corrected chi connectivity index (χ1v) is 15.5. The molecular formula is C28H30ClN5O3S2. The van der Waals surface area contributed by atoms with Crippen LogP contribution in [-0.4, -0.2) is 63.5 Å². The van der Waals surface area contributed by atoms with E-state index in [-0.39, 0.29) is 22.1 Å². The highest BCUT2D eigenvalue weighted by Gasteiger charge is 2.21. The van der Waals surface area contributed by atoms with Gasteiger partial charge in [0.25, 0.3) is 15.9 Å². The lowest BCUT2D eigenvalue weighted by Gasteiger charge is -2.34. The van der Waals surface area contributed by atoms with Gasteiger partial charge in [0.1, 0.15) is 0 Å². The molecule has 0 spiro atoms. The highest BCUT2D eigenvalue weighted by Crippen LogP contribution is 2.30. The Balaban J connectivity index is 1.13. The number of anilines is 2. The van der Waals surface area contributed by atoms with Gasteiger partial charge in [-0.1, -0.05) is 48.1 Å². The molecule has 0 bridgehead atoms. The maximum Gasteiger partial charge on any atom is 0.261 e. The minimum absolute atomic E-state index is 0.0674. The van der Waals surface area contributed by atoms with Crippen LogP contribution in [0, 0.1) is 0 Å². The van der Waals surface area contributed by atoms with Crippen molar-refractivity contribution < 1.29 is 13.2 Å². The van der Waals surface area contributed by atoms with Gasteiger partial charge in [0.2, 0.25) is 0 Å². The number of nitrogens with zero attached hydrogens (tertiary/aromatic N) is 3. The lowest BCUT2D eigenvalue weighted by Crippen LogP contribution is -2.48. The molecule has 39 heavy (non-hydrogen) atoms. The number of rotatable bonds is 9. The van der Waals surface area contributed by atoms with Crippen LogP contribution in [0.25, 0.3) is 10.2 Å². The van der Waals surface area contributed by atoms with Crippen LogP contribution in [0.5, 0.6) is 0 Å². The van der Waals surface area contributed by atoms with Gasteiger partial charge in [-0.3, -0.25) is 14.4 Å². The summed E-state index contributed by atoms with van der Waals surface area (Å²) in [4.78, 5) is 22.5. The van der Waals surface area contributed by atoms with Crippen LogP contribution in [0.1, 0.15) is 22.8 Å². The Morgan fingerprint density at radius 1 is 1.03 bits per heavy atom. The molecule has 1 aromatic heterocycles. The van der Waals surface area contributed by atoms with Gasteiger partial charge >= 0.3 is 0 Å². The first-order chi connectivity index (χ1) is 18.8. The Labute approximate surface area is 237 Å². The topological polar surface area (TPSA) is 94.6 Å². The van der Waals surface area contributed by atoms with E-state index in [1.807, 2.05) is 0 Å². The number of sulfonamides is 1. The number of aromatic nitrogens is 1. The highest BCUT2D eigenvalue weighted by atomic mass is 35.5. The molecule has 2 heterocycles. The summed E-state index contributed by atoms with van der Waals surface area (Å²) in [6.45, 7) is 6.84. The summed E-state index contributed by atoms with van der Waals surface area (Å²) in [7, 11) is -3.87. The fourth-order valence-corrected chi connectivity index (χ4v) is 6.77. The maximum atomic E-state index is 12.9. The molecule has 0 atom stereocenters. The lowest BCUT2D eigenvalue weighted by atomic mass is 10.1. The number of fused-ring (bicyclic) bond motifs is 1. The van der Waals surface area contributed by atoms with Crippen LogP contribution in [0.15, 0.2) is 71.6 Å². The van der Waals surface area contributed by atoms with Crippen LogP contribution >= 0.6 is 22.9 Å². The molecule has 1 aliphatic rings. The summed E-state index contributed by atoms with van der Waals surface area (Å²) in [6.07, 6.45) is 1.02. The number of benzene rings is 3.